The second-order valence-electron chi connectivity index (χ2n) is 5.51. The molecule has 1 heterocycles. The van der Waals surface area contributed by atoms with Crippen molar-refractivity contribution in [3.05, 3.63) is 28.3 Å². The highest BCUT2D eigenvalue weighted by Crippen LogP contribution is 2.27. The van der Waals surface area contributed by atoms with Gasteiger partial charge >= 0.3 is 0 Å². The lowest BCUT2D eigenvalue weighted by Crippen LogP contribution is -2.52. The molecule has 2 rings (SSSR count). The van der Waals surface area contributed by atoms with Gasteiger partial charge in [-0.25, -0.2) is 0 Å². The minimum absolute atomic E-state index is 0.00685. The number of carbonyl (C=O) groups excluding carboxylic acids is 1. The molecule has 1 amide bonds. The lowest BCUT2D eigenvalue weighted by Gasteiger charge is -2.33. The quantitative estimate of drug-likeness (QED) is 0.898. The van der Waals surface area contributed by atoms with Crippen LogP contribution in [0.3, 0.4) is 0 Å². The number of anilines is 1. The molecule has 0 aliphatic carbocycles. The molecular formula is C15H22ClN3O. The van der Waals surface area contributed by atoms with Crippen molar-refractivity contribution in [2.75, 3.05) is 31.5 Å². The SMILES string of the molecule is Cc1cc(C)c(NC(=O)CN2CCNC[C@H]2C)c(Cl)c1. The van der Waals surface area contributed by atoms with Crippen molar-refractivity contribution < 1.29 is 4.79 Å². The van der Waals surface area contributed by atoms with Gasteiger partial charge in [0.25, 0.3) is 0 Å². The standard InChI is InChI=1S/C15H22ClN3O/c1-10-6-11(2)15(13(16)7-10)18-14(20)9-19-5-4-17-8-12(19)3/h6-7,12,17H,4-5,8-9H2,1-3H3,(H,18,20)/t12-/m1/s1. The van der Waals surface area contributed by atoms with Gasteiger partial charge in [-0.05, 0) is 38.0 Å². The lowest BCUT2D eigenvalue weighted by molar-refractivity contribution is -0.118. The molecule has 1 fully saturated rings. The molecule has 1 aliphatic rings. The van der Waals surface area contributed by atoms with Crippen LogP contribution in [0.4, 0.5) is 5.69 Å². The van der Waals surface area contributed by atoms with Gasteiger partial charge in [0, 0.05) is 25.7 Å². The van der Waals surface area contributed by atoms with E-state index in [1.165, 1.54) is 0 Å². The molecule has 1 aromatic carbocycles. The van der Waals surface area contributed by atoms with Gasteiger partial charge in [0.2, 0.25) is 5.91 Å². The van der Waals surface area contributed by atoms with Gasteiger partial charge in [0.1, 0.15) is 0 Å². The van der Waals surface area contributed by atoms with Gasteiger partial charge in [0.05, 0.1) is 17.3 Å². The maximum atomic E-state index is 12.2. The lowest BCUT2D eigenvalue weighted by atomic mass is 10.1. The van der Waals surface area contributed by atoms with Crippen molar-refractivity contribution in [2.45, 2.75) is 26.8 Å². The Bertz CT molecular complexity index is 481. The second kappa shape index (κ2) is 6.57. The van der Waals surface area contributed by atoms with Gasteiger partial charge in [-0.1, -0.05) is 17.7 Å². The second-order valence-corrected chi connectivity index (χ2v) is 5.92. The summed E-state index contributed by atoms with van der Waals surface area (Å²) in [6.07, 6.45) is 0. The Labute approximate surface area is 125 Å². The highest BCUT2D eigenvalue weighted by atomic mass is 35.5. The Hall–Kier alpha value is -1.10. The number of carbonyl (C=O) groups is 1. The fraction of sp³-hybridized carbons (Fsp3) is 0.533. The number of nitrogens with zero attached hydrogens (tertiary/aromatic N) is 1. The molecule has 20 heavy (non-hydrogen) atoms. The van der Waals surface area contributed by atoms with E-state index in [4.69, 9.17) is 11.6 Å². The van der Waals surface area contributed by atoms with E-state index in [0.717, 1.165) is 36.4 Å². The van der Waals surface area contributed by atoms with Crippen LogP contribution in [-0.4, -0.2) is 43.0 Å². The van der Waals surface area contributed by atoms with Crippen LogP contribution >= 0.6 is 11.6 Å². The largest absolute Gasteiger partial charge is 0.323 e. The number of benzene rings is 1. The van der Waals surface area contributed by atoms with E-state index in [1.807, 2.05) is 26.0 Å². The summed E-state index contributed by atoms with van der Waals surface area (Å²) >= 11 is 6.21. The molecular weight excluding hydrogens is 274 g/mol. The van der Waals surface area contributed by atoms with Gasteiger partial charge in [-0.2, -0.15) is 0 Å². The maximum Gasteiger partial charge on any atom is 0.238 e. The third-order valence-corrected chi connectivity index (χ3v) is 3.98. The van der Waals surface area contributed by atoms with Crippen molar-refractivity contribution in [2.24, 2.45) is 0 Å². The molecule has 1 aliphatic heterocycles. The Morgan fingerprint density at radius 1 is 1.50 bits per heavy atom. The van der Waals surface area contributed by atoms with Crippen LogP contribution in [-0.2, 0) is 4.79 Å². The molecule has 1 saturated heterocycles. The number of hydrogen-bond acceptors (Lipinski definition) is 3. The molecule has 2 N–H and O–H groups in total. The first-order chi connectivity index (χ1) is 9.47. The zero-order chi connectivity index (χ0) is 14.7. The highest BCUT2D eigenvalue weighted by molar-refractivity contribution is 6.34. The third kappa shape index (κ3) is 3.72. The molecule has 0 aromatic heterocycles. The Morgan fingerprint density at radius 2 is 2.25 bits per heavy atom. The molecule has 0 radical (unpaired) electrons. The number of amides is 1. The van der Waals surface area contributed by atoms with E-state index in [2.05, 4.69) is 22.5 Å². The molecule has 1 atom stereocenters. The number of piperazine rings is 1. The first-order valence-electron chi connectivity index (χ1n) is 6.98. The van der Waals surface area contributed by atoms with Crippen LogP contribution in [0.15, 0.2) is 12.1 Å². The fourth-order valence-electron chi connectivity index (χ4n) is 2.56. The highest BCUT2D eigenvalue weighted by Gasteiger charge is 2.20. The molecule has 4 nitrogen and oxygen atoms in total. The van der Waals surface area contributed by atoms with Crippen LogP contribution in [0.25, 0.3) is 0 Å². The number of nitrogens with one attached hydrogen (secondary N) is 2. The van der Waals surface area contributed by atoms with Crippen LogP contribution in [0.5, 0.6) is 0 Å². The van der Waals surface area contributed by atoms with Crippen molar-refractivity contribution in [3.8, 4) is 0 Å². The zero-order valence-electron chi connectivity index (χ0n) is 12.3. The Morgan fingerprint density at radius 3 is 2.90 bits per heavy atom. The molecule has 1 aromatic rings. The maximum absolute atomic E-state index is 12.2. The molecule has 0 saturated carbocycles. The predicted octanol–water partition coefficient (Wildman–Crippen LogP) is 2.19. The van der Waals surface area contributed by atoms with E-state index < -0.39 is 0 Å². The van der Waals surface area contributed by atoms with Crippen molar-refractivity contribution in [1.82, 2.24) is 10.2 Å². The van der Waals surface area contributed by atoms with Crippen molar-refractivity contribution in [3.63, 3.8) is 0 Å². The van der Waals surface area contributed by atoms with E-state index in [9.17, 15) is 4.79 Å². The van der Waals surface area contributed by atoms with Gasteiger partial charge in [0.15, 0.2) is 0 Å². The summed E-state index contributed by atoms with van der Waals surface area (Å²) in [5, 5.41) is 6.86. The van der Waals surface area contributed by atoms with E-state index in [-0.39, 0.29) is 5.91 Å². The van der Waals surface area contributed by atoms with Crippen LogP contribution in [0, 0.1) is 13.8 Å². The Balaban J connectivity index is 2.01. The summed E-state index contributed by atoms with van der Waals surface area (Å²) < 4.78 is 0. The van der Waals surface area contributed by atoms with Crippen LogP contribution in [0.1, 0.15) is 18.1 Å². The minimum Gasteiger partial charge on any atom is -0.323 e. The van der Waals surface area contributed by atoms with Gasteiger partial charge in [-0.3, -0.25) is 9.69 Å². The number of hydrogen-bond donors (Lipinski definition) is 2. The molecule has 0 unspecified atom stereocenters. The summed E-state index contributed by atoms with van der Waals surface area (Å²) in [5.74, 6) is -0.00685. The first-order valence-corrected chi connectivity index (χ1v) is 7.36. The summed E-state index contributed by atoms with van der Waals surface area (Å²) in [4.78, 5) is 14.4. The number of aryl methyl sites for hydroxylation is 2. The molecule has 5 heteroatoms. The summed E-state index contributed by atoms with van der Waals surface area (Å²) in [6.45, 7) is 9.25. The van der Waals surface area contributed by atoms with Crippen LogP contribution < -0.4 is 10.6 Å². The number of rotatable bonds is 3. The van der Waals surface area contributed by atoms with Gasteiger partial charge in [-0.15, -0.1) is 0 Å². The molecule has 110 valence electrons. The van der Waals surface area contributed by atoms with E-state index in [1.54, 1.807) is 0 Å². The normalized spacial score (nSPS) is 19.9. The average molecular weight is 296 g/mol. The monoisotopic (exact) mass is 295 g/mol. The van der Waals surface area contributed by atoms with Gasteiger partial charge < -0.3 is 10.6 Å². The topological polar surface area (TPSA) is 44.4 Å². The smallest absolute Gasteiger partial charge is 0.238 e. The first kappa shape index (κ1) is 15.3. The summed E-state index contributed by atoms with van der Waals surface area (Å²) in [6, 6.07) is 4.27. The summed E-state index contributed by atoms with van der Waals surface area (Å²) in [7, 11) is 0. The molecule has 0 spiro atoms. The number of halogens is 1. The average Bonchev–Trinajstić information content (AvgIpc) is 2.36. The summed E-state index contributed by atoms with van der Waals surface area (Å²) in [5.41, 5.74) is 2.82. The minimum atomic E-state index is -0.00685. The van der Waals surface area contributed by atoms with E-state index in [0.29, 0.717) is 17.6 Å². The van der Waals surface area contributed by atoms with Crippen molar-refractivity contribution >= 4 is 23.2 Å². The van der Waals surface area contributed by atoms with Crippen LogP contribution in [0.2, 0.25) is 5.02 Å². The predicted molar refractivity (Wildman–Crippen MR) is 83.5 cm³/mol. The zero-order valence-corrected chi connectivity index (χ0v) is 13.0. The fourth-order valence-corrected chi connectivity index (χ4v) is 2.92. The van der Waals surface area contributed by atoms with Crippen molar-refractivity contribution in [1.29, 1.82) is 0 Å². The van der Waals surface area contributed by atoms with E-state index >= 15 is 0 Å². The molecule has 0 bridgehead atoms. The third-order valence-electron chi connectivity index (χ3n) is 3.68. The Kier molecular flexibility index (Phi) is 5.02.